The van der Waals surface area contributed by atoms with Gasteiger partial charge in [0.25, 0.3) is 0 Å². The number of anilines is 2. The highest BCUT2D eigenvalue weighted by molar-refractivity contribution is 5.44. The van der Waals surface area contributed by atoms with E-state index in [1.54, 1.807) is 0 Å². The quantitative estimate of drug-likeness (QED) is 0.705. The predicted molar refractivity (Wildman–Crippen MR) is 106 cm³/mol. The van der Waals surface area contributed by atoms with Crippen LogP contribution < -0.4 is 10.2 Å². The van der Waals surface area contributed by atoms with Gasteiger partial charge in [-0.05, 0) is 43.5 Å². The van der Waals surface area contributed by atoms with E-state index in [0.29, 0.717) is 0 Å². The molecule has 0 bridgehead atoms. The summed E-state index contributed by atoms with van der Waals surface area (Å²) in [5, 5.41) is 3.41. The molecule has 0 saturated carbocycles. The zero-order valence-electron chi connectivity index (χ0n) is 15.6. The molecule has 2 heterocycles. The normalized spacial score (nSPS) is 10.6. The molecule has 0 fully saturated rings. The number of hydrogen-bond acceptors (Lipinski definition) is 5. The minimum absolute atomic E-state index is 0.741. The number of benzene rings is 1. The average Bonchev–Trinajstić information content (AvgIpc) is 2.65. The Kier molecular flexibility index (Phi) is 5.79. The molecule has 3 rings (SSSR count). The molecule has 1 aromatic carbocycles. The Morgan fingerprint density at radius 3 is 2.54 bits per heavy atom. The lowest BCUT2D eigenvalue weighted by atomic mass is 10.1. The minimum Gasteiger partial charge on any atom is -0.366 e. The first-order valence-electron chi connectivity index (χ1n) is 8.85. The van der Waals surface area contributed by atoms with Crippen LogP contribution in [0.5, 0.6) is 0 Å². The molecule has 0 aliphatic heterocycles. The first-order chi connectivity index (χ1) is 12.6. The van der Waals surface area contributed by atoms with E-state index in [9.17, 15) is 0 Å². The van der Waals surface area contributed by atoms with Gasteiger partial charge in [-0.1, -0.05) is 29.8 Å². The van der Waals surface area contributed by atoms with E-state index in [1.165, 1.54) is 16.7 Å². The van der Waals surface area contributed by atoms with Gasteiger partial charge in [-0.15, -0.1) is 0 Å². The molecule has 0 atom stereocenters. The summed E-state index contributed by atoms with van der Waals surface area (Å²) in [5.41, 5.74) is 4.73. The number of hydrogen-bond donors (Lipinski definition) is 1. The Bertz CT molecular complexity index is 848. The average molecular weight is 347 g/mol. The van der Waals surface area contributed by atoms with Crippen molar-refractivity contribution >= 4 is 11.8 Å². The molecule has 0 unspecified atom stereocenters. The fourth-order valence-corrected chi connectivity index (χ4v) is 2.78. The van der Waals surface area contributed by atoms with Crippen molar-refractivity contribution in [2.24, 2.45) is 0 Å². The summed E-state index contributed by atoms with van der Waals surface area (Å²) in [6.45, 7) is 5.71. The Labute approximate surface area is 155 Å². The lowest BCUT2D eigenvalue weighted by molar-refractivity contribution is 0.831. The van der Waals surface area contributed by atoms with Crippen molar-refractivity contribution in [3.05, 3.63) is 77.2 Å². The Morgan fingerprint density at radius 1 is 0.962 bits per heavy atom. The van der Waals surface area contributed by atoms with Gasteiger partial charge >= 0.3 is 0 Å². The monoisotopic (exact) mass is 347 g/mol. The smallest absolute Gasteiger partial charge is 0.227 e. The lowest BCUT2D eigenvalue weighted by Crippen LogP contribution is -2.23. The highest BCUT2D eigenvalue weighted by Gasteiger charge is 2.08. The maximum atomic E-state index is 4.67. The van der Waals surface area contributed by atoms with Gasteiger partial charge in [0.1, 0.15) is 5.82 Å². The van der Waals surface area contributed by atoms with Crippen LogP contribution in [0.25, 0.3) is 0 Å². The van der Waals surface area contributed by atoms with Crippen molar-refractivity contribution in [2.45, 2.75) is 26.8 Å². The van der Waals surface area contributed by atoms with Crippen LogP contribution in [-0.2, 0) is 13.0 Å². The summed E-state index contributed by atoms with van der Waals surface area (Å²) in [5.74, 6) is 1.59. The van der Waals surface area contributed by atoms with Crippen LogP contribution in [0.2, 0.25) is 0 Å². The molecule has 0 spiro atoms. The number of rotatable bonds is 7. The van der Waals surface area contributed by atoms with E-state index in [0.717, 1.165) is 37.0 Å². The highest BCUT2D eigenvalue weighted by Crippen LogP contribution is 2.15. The first-order valence-corrected chi connectivity index (χ1v) is 8.85. The van der Waals surface area contributed by atoms with Gasteiger partial charge in [-0.2, -0.15) is 4.98 Å². The molecule has 5 heteroatoms. The van der Waals surface area contributed by atoms with Gasteiger partial charge in [-0.3, -0.25) is 4.98 Å². The third kappa shape index (κ3) is 5.02. The summed E-state index contributed by atoms with van der Waals surface area (Å²) in [7, 11) is 2.03. The van der Waals surface area contributed by atoms with Gasteiger partial charge < -0.3 is 10.2 Å². The molecule has 26 heavy (non-hydrogen) atoms. The molecule has 1 N–H and O–H groups in total. The third-order valence-electron chi connectivity index (χ3n) is 4.23. The van der Waals surface area contributed by atoms with Crippen LogP contribution in [0, 0.1) is 13.8 Å². The Balaban J connectivity index is 1.64. The second-order valence-corrected chi connectivity index (χ2v) is 6.56. The Morgan fingerprint density at radius 2 is 1.77 bits per heavy atom. The molecular weight excluding hydrogens is 322 g/mol. The van der Waals surface area contributed by atoms with Crippen molar-refractivity contribution in [1.29, 1.82) is 0 Å². The Hall–Kier alpha value is -2.95. The van der Waals surface area contributed by atoms with Crippen LogP contribution in [0.4, 0.5) is 11.8 Å². The summed E-state index contributed by atoms with van der Waals surface area (Å²) < 4.78 is 0. The summed E-state index contributed by atoms with van der Waals surface area (Å²) >= 11 is 0. The van der Waals surface area contributed by atoms with Crippen molar-refractivity contribution in [2.75, 3.05) is 23.8 Å². The molecule has 0 radical (unpaired) electrons. The van der Waals surface area contributed by atoms with Crippen molar-refractivity contribution < 1.29 is 0 Å². The second kappa shape index (κ2) is 8.43. The maximum Gasteiger partial charge on any atom is 0.227 e. The topological polar surface area (TPSA) is 53.9 Å². The van der Waals surface area contributed by atoms with Crippen molar-refractivity contribution in [3.8, 4) is 0 Å². The van der Waals surface area contributed by atoms with E-state index in [2.05, 4.69) is 56.4 Å². The van der Waals surface area contributed by atoms with Gasteiger partial charge in [0.05, 0.1) is 0 Å². The molecule has 0 aliphatic carbocycles. The van der Waals surface area contributed by atoms with Gasteiger partial charge in [-0.25, -0.2) is 4.98 Å². The zero-order valence-corrected chi connectivity index (χ0v) is 15.6. The molecular formula is C21H25N5. The molecule has 134 valence electrons. The molecule has 0 aliphatic rings. The van der Waals surface area contributed by atoms with E-state index < -0.39 is 0 Å². The summed E-state index contributed by atoms with van der Waals surface area (Å²) in [4.78, 5) is 15.4. The van der Waals surface area contributed by atoms with Crippen LogP contribution in [0.3, 0.4) is 0 Å². The number of nitrogens with zero attached hydrogens (tertiary/aromatic N) is 4. The van der Waals surface area contributed by atoms with Crippen molar-refractivity contribution in [1.82, 2.24) is 15.0 Å². The summed E-state index contributed by atoms with van der Waals surface area (Å²) in [6.07, 6.45) is 4.58. The lowest BCUT2D eigenvalue weighted by Gasteiger charge is -2.18. The minimum atomic E-state index is 0.741. The van der Waals surface area contributed by atoms with Crippen molar-refractivity contribution in [3.63, 3.8) is 0 Å². The van der Waals surface area contributed by atoms with E-state index in [-0.39, 0.29) is 0 Å². The maximum absolute atomic E-state index is 4.67. The van der Waals surface area contributed by atoms with Crippen LogP contribution in [0.1, 0.15) is 22.4 Å². The third-order valence-corrected chi connectivity index (χ3v) is 4.23. The summed E-state index contributed by atoms with van der Waals surface area (Å²) in [6, 6.07) is 14.6. The van der Waals surface area contributed by atoms with E-state index in [4.69, 9.17) is 0 Å². The molecule has 5 nitrogen and oxygen atoms in total. The van der Waals surface area contributed by atoms with E-state index in [1.807, 2.05) is 44.6 Å². The highest BCUT2D eigenvalue weighted by atomic mass is 15.2. The standard InChI is InChI=1S/C21H25N5/c1-16-5-4-6-19(13-16)15-23-20-14-17(2)24-21(25-20)26(3)12-9-18-7-10-22-11-8-18/h4-8,10-11,13-14H,9,12,15H2,1-3H3,(H,23,24,25). The fourth-order valence-electron chi connectivity index (χ4n) is 2.78. The van der Waals surface area contributed by atoms with Gasteiger partial charge in [0.2, 0.25) is 5.95 Å². The largest absolute Gasteiger partial charge is 0.366 e. The predicted octanol–water partition coefficient (Wildman–Crippen LogP) is 3.78. The molecule has 0 saturated heterocycles. The molecule has 3 aromatic rings. The first kappa shape index (κ1) is 17.9. The number of aryl methyl sites for hydroxylation is 2. The van der Waals surface area contributed by atoms with Gasteiger partial charge in [0, 0.05) is 44.3 Å². The SMILES string of the molecule is Cc1cccc(CNc2cc(C)nc(N(C)CCc3ccncc3)n2)c1. The van der Waals surface area contributed by atoms with Crippen LogP contribution in [0.15, 0.2) is 54.9 Å². The van der Waals surface area contributed by atoms with E-state index >= 15 is 0 Å². The molecule has 2 aromatic heterocycles. The number of aromatic nitrogens is 3. The van der Waals surface area contributed by atoms with Crippen LogP contribution in [-0.4, -0.2) is 28.5 Å². The van der Waals surface area contributed by atoms with Gasteiger partial charge in [0.15, 0.2) is 0 Å². The fraction of sp³-hybridized carbons (Fsp3) is 0.286. The van der Waals surface area contributed by atoms with Crippen LogP contribution >= 0.6 is 0 Å². The zero-order chi connectivity index (χ0) is 18.4. The second-order valence-electron chi connectivity index (χ2n) is 6.56. The number of nitrogens with one attached hydrogen (secondary N) is 1. The number of pyridine rings is 1. The number of likely N-dealkylation sites (N-methyl/N-ethyl adjacent to an activating group) is 1. The molecule has 0 amide bonds.